The molecule has 138 valence electrons. The molecule has 2 fully saturated rings. The van der Waals surface area contributed by atoms with Gasteiger partial charge in [-0.15, -0.1) is 0 Å². The van der Waals surface area contributed by atoms with E-state index in [2.05, 4.69) is 29.3 Å². The minimum atomic E-state index is -0.0364. The van der Waals surface area contributed by atoms with E-state index in [1.54, 1.807) is 6.20 Å². The second-order valence-electron chi connectivity index (χ2n) is 7.37. The number of urea groups is 1. The predicted octanol–water partition coefficient (Wildman–Crippen LogP) is 3.35. The number of ether oxygens (including phenoxy) is 1. The number of hydrogen-bond donors (Lipinski definition) is 1. The zero-order chi connectivity index (χ0) is 17.6. The first kappa shape index (κ1) is 18.0. The molecule has 2 aliphatic rings. The molecule has 1 aliphatic heterocycles. The lowest BCUT2D eigenvalue weighted by atomic mass is 10.1. The summed E-state index contributed by atoms with van der Waals surface area (Å²) < 4.78 is 5.86. The number of rotatable bonds is 4. The van der Waals surface area contributed by atoms with Gasteiger partial charge in [0.15, 0.2) is 0 Å². The third-order valence-corrected chi connectivity index (χ3v) is 5.29. The van der Waals surface area contributed by atoms with Crippen LogP contribution in [0.4, 0.5) is 10.5 Å². The summed E-state index contributed by atoms with van der Waals surface area (Å²) in [5, 5.41) is 2.96. The zero-order valence-electron chi connectivity index (χ0n) is 15.4. The van der Waals surface area contributed by atoms with E-state index in [1.807, 2.05) is 17.0 Å². The normalized spacial score (nSPS) is 22.0. The maximum Gasteiger partial charge on any atom is 0.321 e. The van der Waals surface area contributed by atoms with E-state index in [0.29, 0.717) is 18.0 Å². The Kier molecular flexibility index (Phi) is 6.13. The van der Waals surface area contributed by atoms with Crippen LogP contribution in [0, 0.1) is 0 Å². The summed E-state index contributed by atoms with van der Waals surface area (Å²) in [6.45, 7) is 1.61. The van der Waals surface area contributed by atoms with Crippen molar-refractivity contribution in [3.63, 3.8) is 0 Å². The topological polar surface area (TPSA) is 57.7 Å². The molecule has 25 heavy (non-hydrogen) atoms. The van der Waals surface area contributed by atoms with Crippen LogP contribution in [-0.2, 0) is 0 Å². The van der Waals surface area contributed by atoms with Gasteiger partial charge in [0.05, 0.1) is 11.9 Å². The van der Waals surface area contributed by atoms with Crippen LogP contribution in [0.2, 0.25) is 0 Å². The molecule has 6 heteroatoms. The van der Waals surface area contributed by atoms with Crippen LogP contribution in [0.5, 0.6) is 5.88 Å². The largest absolute Gasteiger partial charge is 0.474 e. The van der Waals surface area contributed by atoms with Crippen LogP contribution >= 0.6 is 0 Å². The highest BCUT2D eigenvalue weighted by Crippen LogP contribution is 2.23. The Bertz CT molecular complexity index is 555. The lowest BCUT2D eigenvalue weighted by Crippen LogP contribution is -2.36. The van der Waals surface area contributed by atoms with Gasteiger partial charge in [-0.2, -0.15) is 0 Å². The Morgan fingerprint density at radius 3 is 2.64 bits per heavy atom. The second-order valence-corrected chi connectivity index (χ2v) is 7.37. The fourth-order valence-corrected chi connectivity index (χ4v) is 3.70. The number of anilines is 1. The average molecular weight is 346 g/mol. The highest BCUT2D eigenvalue weighted by Gasteiger charge is 2.22. The lowest BCUT2D eigenvalue weighted by Gasteiger charge is -2.23. The number of nitrogens with zero attached hydrogens (tertiary/aromatic N) is 3. The Morgan fingerprint density at radius 1 is 1.16 bits per heavy atom. The summed E-state index contributed by atoms with van der Waals surface area (Å²) in [5.41, 5.74) is 0.720. The van der Waals surface area contributed by atoms with Gasteiger partial charge in [0.1, 0.15) is 6.10 Å². The van der Waals surface area contributed by atoms with Crippen molar-refractivity contribution in [2.75, 3.05) is 32.5 Å². The summed E-state index contributed by atoms with van der Waals surface area (Å²) in [6, 6.07) is 4.24. The van der Waals surface area contributed by atoms with Crippen molar-refractivity contribution >= 4 is 11.7 Å². The number of nitrogens with one attached hydrogen (secondary N) is 1. The van der Waals surface area contributed by atoms with Gasteiger partial charge >= 0.3 is 6.03 Å². The van der Waals surface area contributed by atoms with E-state index in [-0.39, 0.29) is 6.03 Å². The molecule has 0 unspecified atom stereocenters. The fraction of sp³-hybridized carbons (Fsp3) is 0.684. The highest BCUT2D eigenvalue weighted by atomic mass is 16.5. The van der Waals surface area contributed by atoms with Crippen LogP contribution in [-0.4, -0.2) is 60.1 Å². The van der Waals surface area contributed by atoms with Crippen molar-refractivity contribution in [3.05, 3.63) is 18.3 Å². The molecule has 1 atom stereocenters. The number of likely N-dealkylation sites (tertiary alicyclic amines) is 1. The summed E-state index contributed by atoms with van der Waals surface area (Å²) in [5.74, 6) is 0.647. The predicted molar refractivity (Wildman–Crippen MR) is 99.0 cm³/mol. The quantitative estimate of drug-likeness (QED) is 0.908. The summed E-state index contributed by atoms with van der Waals surface area (Å²) in [4.78, 5) is 21.0. The number of aromatic nitrogens is 1. The van der Waals surface area contributed by atoms with E-state index >= 15 is 0 Å². The number of carbonyl (C=O) groups is 1. The molecule has 2 heterocycles. The molecule has 1 aromatic rings. The molecule has 0 radical (unpaired) electrons. The first-order valence-corrected chi connectivity index (χ1v) is 9.47. The maximum absolute atomic E-state index is 12.5. The van der Waals surface area contributed by atoms with Crippen molar-refractivity contribution in [1.29, 1.82) is 0 Å². The Labute approximate surface area is 150 Å². The summed E-state index contributed by atoms with van der Waals surface area (Å²) in [7, 11) is 4.22. The van der Waals surface area contributed by atoms with Gasteiger partial charge in [-0.05, 0) is 65.1 Å². The third kappa shape index (κ3) is 5.08. The number of amides is 2. The molecule has 0 aromatic carbocycles. The van der Waals surface area contributed by atoms with Gasteiger partial charge in [-0.1, -0.05) is 0 Å². The number of pyridine rings is 1. The minimum Gasteiger partial charge on any atom is -0.474 e. The molecular weight excluding hydrogens is 316 g/mol. The Morgan fingerprint density at radius 2 is 1.96 bits per heavy atom. The molecule has 1 saturated carbocycles. The molecule has 6 nitrogen and oxygen atoms in total. The molecule has 2 amide bonds. The Balaban J connectivity index is 1.50. The van der Waals surface area contributed by atoms with Crippen molar-refractivity contribution in [1.82, 2.24) is 14.8 Å². The van der Waals surface area contributed by atoms with Gasteiger partial charge in [0.2, 0.25) is 5.88 Å². The van der Waals surface area contributed by atoms with Gasteiger partial charge in [0.25, 0.3) is 0 Å². The smallest absolute Gasteiger partial charge is 0.321 e. The SMILES string of the molecule is CN(C)[C@@H]1CCCN(C(=O)Nc2ccc(OC3CCCC3)nc2)CC1. The van der Waals surface area contributed by atoms with Gasteiger partial charge in [-0.25, -0.2) is 9.78 Å². The standard InChI is InChI=1S/C19H30N4O2/c1-22(2)16-6-5-12-23(13-11-16)19(24)21-15-9-10-18(20-14-15)25-17-7-3-4-8-17/h9-10,14,16-17H,3-8,11-13H2,1-2H3,(H,21,24)/t16-/m1/s1. The molecule has 1 N–H and O–H groups in total. The third-order valence-electron chi connectivity index (χ3n) is 5.29. The molecule has 1 saturated heterocycles. The van der Waals surface area contributed by atoms with Crippen LogP contribution < -0.4 is 10.1 Å². The van der Waals surface area contributed by atoms with Crippen molar-refractivity contribution in [2.24, 2.45) is 0 Å². The van der Waals surface area contributed by atoms with Crippen molar-refractivity contribution in [3.8, 4) is 5.88 Å². The van der Waals surface area contributed by atoms with Gasteiger partial charge in [0, 0.05) is 25.2 Å². The van der Waals surface area contributed by atoms with Gasteiger partial charge in [-0.3, -0.25) is 0 Å². The van der Waals surface area contributed by atoms with E-state index in [0.717, 1.165) is 50.9 Å². The van der Waals surface area contributed by atoms with Gasteiger partial charge < -0.3 is 19.9 Å². The first-order chi connectivity index (χ1) is 12.1. The van der Waals surface area contributed by atoms with Crippen LogP contribution in [0.1, 0.15) is 44.9 Å². The molecule has 3 rings (SSSR count). The second kappa shape index (κ2) is 8.52. The number of carbonyl (C=O) groups excluding carboxylic acids is 1. The average Bonchev–Trinajstić information content (AvgIpc) is 2.97. The van der Waals surface area contributed by atoms with E-state index in [9.17, 15) is 4.79 Å². The summed E-state index contributed by atoms with van der Waals surface area (Å²) >= 11 is 0. The van der Waals surface area contributed by atoms with E-state index in [4.69, 9.17) is 4.74 Å². The molecule has 1 aliphatic carbocycles. The monoisotopic (exact) mass is 346 g/mol. The van der Waals surface area contributed by atoms with Crippen LogP contribution in [0.15, 0.2) is 18.3 Å². The number of hydrogen-bond acceptors (Lipinski definition) is 4. The zero-order valence-corrected chi connectivity index (χ0v) is 15.4. The molecule has 0 bridgehead atoms. The van der Waals surface area contributed by atoms with Crippen molar-refractivity contribution in [2.45, 2.75) is 57.1 Å². The molecule has 0 spiro atoms. The van der Waals surface area contributed by atoms with Crippen molar-refractivity contribution < 1.29 is 9.53 Å². The lowest BCUT2D eigenvalue weighted by molar-refractivity contribution is 0.201. The van der Waals surface area contributed by atoms with Crippen LogP contribution in [0.25, 0.3) is 0 Å². The van der Waals surface area contributed by atoms with E-state index in [1.165, 1.54) is 12.8 Å². The fourth-order valence-electron chi connectivity index (χ4n) is 3.70. The molecular formula is C19H30N4O2. The Hall–Kier alpha value is -1.82. The molecule has 1 aromatic heterocycles. The summed E-state index contributed by atoms with van der Waals surface area (Å²) in [6.07, 6.45) is 9.90. The first-order valence-electron chi connectivity index (χ1n) is 9.47. The highest BCUT2D eigenvalue weighted by molar-refractivity contribution is 5.89. The minimum absolute atomic E-state index is 0.0364. The maximum atomic E-state index is 12.5. The van der Waals surface area contributed by atoms with E-state index < -0.39 is 0 Å². The van der Waals surface area contributed by atoms with Crippen LogP contribution in [0.3, 0.4) is 0 Å².